The second-order valence-electron chi connectivity index (χ2n) is 8.38. The standard InChI is InChI=1S/C17H23F3N4O2/c1-11(17(18,19)20)13-21-10-24(22-13)7-12-5-16(6-12)8-23(9-16)14(25)26-15(2,3)4/h10,12H,1,5-9H2,2-4H3. The minimum Gasteiger partial charge on any atom is -0.444 e. The van der Waals surface area contributed by atoms with Crippen molar-refractivity contribution in [3.63, 3.8) is 0 Å². The molecule has 0 radical (unpaired) electrons. The molecule has 9 heteroatoms. The van der Waals surface area contributed by atoms with Crippen molar-refractivity contribution in [2.24, 2.45) is 11.3 Å². The van der Waals surface area contributed by atoms with Gasteiger partial charge in [0.15, 0.2) is 5.82 Å². The molecule has 2 heterocycles. The van der Waals surface area contributed by atoms with Gasteiger partial charge in [-0.1, -0.05) is 6.58 Å². The molecule has 3 rings (SSSR count). The molecule has 0 unspecified atom stereocenters. The summed E-state index contributed by atoms with van der Waals surface area (Å²) in [5, 5.41) is 3.88. The molecule has 1 aromatic heterocycles. The van der Waals surface area contributed by atoms with Gasteiger partial charge >= 0.3 is 12.3 Å². The minimum absolute atomic E-state index is 0.126. The van der Waals surface area contributed by atoms with Crippen molar-refractivity contribution in [2.75, 3.05) is 13.1 Å². The number of likely N-dealkylation sites (tertiary alicyclic amines) is 1. The lowest BCUT2D eigenvalue weighted by Crippen LogP contribution is -2.64. The van der Waals surface area contributed by atoms with Gasteiger partial charge in [-0.3, -0.25) is 4.68 Å². The fourth-order valence-electron chi connectivity index (χ4n) is 3.68. The average Bonchev–Trinajstić information content (AvgIpc) is 2.84. The summed E-state index contributed by atoms with van der Waals surface area (Å²) >= 11 is 0. The first-order valence-corrected chi connectivity index (χ1v) is 8.51. The van der Waals surface area contributed by atoms with Gasteiger partial charge in [0.25, 0.3) is 0 Å². The van der Waals surface area contributed by atoms with Crippen LogP contribution in [0.2, 0.25) is 0 Å². The van der Waals surface area contributed by atoms with Crippen molar-refractivity contribution >= 4 is 11.7 Å². The van der Waals surface area contributed by atoms with Crippen LogP contribution >= 0.6 is 0 Å². The van der Waals surface area contributed by atoms with Crippen molar-refractivity contribution in [3.05, 3.63) is 18.7 Å². The Morgan fingerprint density at radius 1 is 1.35 bits per heavy atom. The Hall–Kier alpha value is -2.06. The zero-order chi connectivity index (χ0) is 19.3. The van der Waals surface area contributed by atoms with Crippen LogP contribution in [0.15, 0.2) is 12.9 Å². The van der Waals surface area contributed by atoms with Crippen molar-refractivity contribution < 1.29 is 22.7 Å². The van der Waals surface area contributed by atoms with E-state index >= 15 is 0 Å². The van der Waals surface area contributed by atoms with Crippen LogP contribution in [0, 0.1) is 11.3 Å². The van der Waals surface area contributed by atoms with E-state index in [1.807, 2.05) is 20.8 Å². The molecule has 1 aliphatic carbocycles. The third-order valence-electron chi connectivity index (χ3n) is 4.74. The molecule has 1 saturated heterocycles. The fraction of sp³-hybridized carbons (Fsp3) is 0.706. The Labute approximate surface area is 150 Å². The highest BCUT2D eigenvalue weighted by atomic mass is 19.4. The number of aromatic nitrogens is 3. The van der Waals surface area contributed by atoms with E-state index in [1.54, 1.807) is 4.90 Å². The Bertz CT molecular complexity index is 706. The molecule has 6 nitrogen and oxygen atoms in total. The molecule has 144 valence electrons. The van der Waals surface area contributed by atoms with Crippen LogP contribution < -0.4 is 0 Å². The van der Waals surface area contributed by atoms with Crippen LogP contribution in [0.4, 0.5) is 18.0 Å². The molecule has 0 aromatic carbocycles. The van der Waals surface area contributed by atoms with Gasteiger partial charge in [0.2, 0.25) is 0 Å². The van der Waals surface area contributed by atoms with E-state index in [9.17, 15) is 18.0 Å². The fourth-order valence-corrected chi connectivity index (χ4v) is 3.68. The van der Waals surface area contributed by atoms with Crippen LogP contribution in [0.3, 0.4) is 0 Å². The Morgan fingerprint density at radius 3 is 2.50 bits per heavy atom. The Kier molecular flexibility index (Phi) is 4.31. The lowest BCUT2D eigenvalue weighted by molar-refractivity contribution is -0.0987. The van der Waals surface area contributed by atoms with E-state index in [2.05, 4.69) is 16.7 Å². The molecule has 1 saturated carbocycles. The summed E-state index contributed by atoms with van der Waals surface area (Å²) in [6.45, 7) is 10.4. The van der Waals surface area contributed by atoms with Crippen molar-refractivity contribution in [1.82, 2.24) is 19.7 Å². The first kappa shape index (κ1) is 18.7. The van der Waals surface area contributed by atoms with E-state index in [-0.39, 0.29) is 17.3 Å². The maximum Gasteiger partial charge on any atom is 0.419 e. The van der Waals surface area contributed by atoms with Crippen LogP contribution in [-0.2, 0) is 11.3 Å². The highest BCUT2D eigenvalue weighted by Crippen LogP contribution is 2.52. The summed E-state index contributed by atoms with van der Waals surface area (Å²) in [4.78, 5) is 17.4. The topological polar surface area (TPSA) is 60.2 Å². The van der Waals surface area contributed by atoms with Gasteiger partial charge in [-0.05, 0) is 39.5 Å². The van der Waals surface area contributed by atoms with Gasteiger partial charge in [0, 0.05) is 25.0 Å². The molecule has 1 aromatic rings. The highest BCUT2D eigenvalue weighted by molar-refractivity contribution is 5.69. The van der Waals surface area contributed by atoms with Crippen LogP contribution in [0.1, 0.15) is 39.4 Å². The number of amides is 1. The summed E-state index contributed by atoms with van der Waals surface area (Å²) in [6, 6.07) is 0. The van der Waals surface area contributed by atoms with Crippen molar-refractivity contribution in [2.45, 2.75) is 51.9 Å². The third kappa shape index (κ3) is 3.86. The number of hydrogen-bond acceptors (Lipinski definition) is 4. The smallest absolute Gasteiger partial charge is 0.419 e. The lowest BCUT2D eigenvalue weighted by atomic mass is 9.58. The van der Waals surface area contributed by atoms with Gasteiger partial charge in [0.05, 0.1) is 5.57 Å². The predicted octanol–water partition coefficient (Wildman–Crippen LogP) is 3.50. The van der Waals surface area contributed by atoms with Gasteiger partial charge in [-0.15, -0.1) is 0 Å². The minimum atomic E-state index is -4.52. The number of carbonyl (C=O) groups is 1. The molecule has 2 aliphatic rings. The van der Waals surface area contributed by atoms with E-state index in [1.165, 1.54) is 11.0 Å². The molecule has 0 bridgehead atoms. The van der Waals surface area contributed by atoms with Crippen LogP contribution in [-0.4, -0.2) is 50.6 Å². The summed E-state index contributed by atoms with van der Waals surface area (Å²) in [7, 11) is 0. The lowest BCUT2D eigenvalue weighted by Gasteiger charge is -2.58. The predicted molar refractivity (Wildman–Crippen MR) is 88.1 cm³/mol. The number of hydrogen-bond donors (Lipinski definition) is 0. The van der Waals surface area contributed by atoms with Gasteiger partial charge < -0.3 is 9.64 Å². The summed E-state index contributed by atoms with van der Waals surface area (Å²) in [6.07, 6.45) is -1.67. The number of halogens is 3. The number of allylic oxidation sites excluding steroid dienone is 1. The number of nitrogens with zero attached hydrogens (tertiary/aromatic N) is 4. The Morgan fingerprint density at radius 2 is 1.96 bits per heavy atom. The quantitative estimate of drug-likeness (QED) is 0.815. The van der Waals surface area contributed by atoms with Crippen molar-refractivity contribution in [3.8, 4) is 0 Å². The zero-order valence-electron chi connectivity index (χ0n) is 15.1. The monoisotopic (exact) mass is 372 g/mol. The largest absolute Gasteiger partial charge is 0.444 e. The summed E-state index contributed by atoms with van der Waals surface area (Å²) in [5.74, 6) is -0.0595. The zero-order valence-corrected chi connectivity index (χ0v) is 15.1. The van der Waals surface area contributed by atoms with Gasteiger partial charge in [0.1, 0.15) is 11.9 Å². The molecule has 2 fully saturated rings. The molecule has 1 spiro atoms. The molecule has 0 N–H and O–H groups in total. The first-order valence-electron chi connectivity index (χ1n) is 8.51. The Balaban J connectivity index is 1.45. The third-order valence-corrected chi connectivity index (χ3v) is 4.74. The molecular weight excluding hydrogens is 349 g/mol. The van der Waals surface area contributed by atoms with E-state index < -0.39 is 17.4 Å². The van der Waals surface area contributed by atoms with Crippen molar-refractivity contribution in [1.29, 1.82) is 0 Å². The SMILES string of the molecule is C=C(c1ncn(CC2CC3(C2)CN(C(=O)OC(C)(C)C)C3)n1)C(F)(F)F. The average molecular weight is 372 g/mol. The maximum atomic E-state index is 12.6. The van der Waals surface area contributed by atoms with Gasteiger partial charge in [-0.25, -0.2) is 9.78 Å². The normalized spacial score (nSPS) is 19.8. The summed E-state index contributed by atoms with van der Waals surface area (Å²) < 4.78 is 44.6. The molecule has 1 amide bonds. The second-order valence-corrected chi connectivity index (χ2v) is 8.38. The van der Waals surface area contributed by atoms with E-state index in [0.717, 1.165) is 12.8 Å². The highest BCUT2D eigenvalue weighted by Gasteiger charge is 2.54. The molecular formula is C17H23F3N4O2. The van der Waals surface area contributed by atoms with Gasteiger partial charge in [-0.2, -0.15) is 18.3 Å². The van der Waals surface area contributed by atoms with Crippen LogP contribution in [0.5, 0.6) is 0 Å². The number of ether oxygens (including phenoxy) is 1. The molecule has 26 heavy (non-hydrogen) atoms. The number of carbonyl (C=O) groups excluding carboxylic acids is 1. The number of rotatable bonds is 3. The van der Waals surface area contributed by atoms with E-state index in [4.69, 9.17) is 4.74 Å². The molecule has 1 aliphatic heterocycles. The number of alkyl halides is 3. The first-order chi connectivity index (χ1) is 11.9. The second kappa shape index (κ2) is 5.99. The van der Waals surface area contributed by atoms with E-state index in [0.29, 0.717) is 25.6 Å². The molecule has 0 atom stereocenters. The maximum absolute atomic E-state index is 12.6. The van der Waals surface area contributed by atoms with Crippen LogP contribution in [0.25, 0.3) is 5.57 Å². The summed E-state index contributed by atoms with van der Waals surface area (Å²) in [5.41, 5.74) is -1.42.